The van der Waals surface area contributed by atoms with E-state index in [9.17, 15) is 4.79 Å². The van der Waals surface area contributed by atoms with E-state index in [1.54, 1.807) is 12.4 Å². The maximum absolute atomic E-state index is 12.3. The Kier molecular flexibility index (Phi) is 2.71. The number of Topliss-reactive ketones (excluding diaryl/α,β-unsaturated/α-hetero) is 1. The Labute approximate surface area is 107 Å². The second-order valence-electron chi connectivity index (χ2n) is 4.99. The van der Waals surface area contributed by atoms with Crippen LogP contribution in [0.15, 0.2) is 42.7 Å². The summed E-state index contributed by atoms with van der Waals surface area (Å²) in [4.78, 5) is 16.3. The van der Waals surface area contributed by atoms with Gasteiger partial charge in [-0.15, -0.1) is 0 Å². The van der Waals surface area contributed by atoms with Crippen LogP contribution in [0.5, 0.6) is 0 Å². The standard InChI is InChI=1S/C16H15NO/c1-11-2-3-13-10-14(16(18)15(13)8-11)9-12-4-6-17-7-5-12/h2-8,14H,9-10H2,1H3. The van der Waals surface area contributed by atoms with Crippen molar-refractivity contribution < 1.29 is 4.79 Å². The number of ketones is 1. The first-order chi connectivity index (χ1) is 8.74. The molecule has 0 spiro atoms. The van der Waals surface area contributed by atoms with Crippen molar-refractivity contribution in [3.05, 3.63) is 65.0 Å². The topological polar surface area (TPSA) is 30.0 Å². The summed E-state index contributed by atoms with van der Waals surface area (Å²) >= 11 is 0. The van der Waals surface area contributed by atoms with Crippen LogP contribution >= 0.6 is 0 Å². The van der Waals surface area contributed by atoms with Crippen LogP contribution in [-0.2, 0) is 12.8 Å². The van der Waals surface area contributed by atoms with Gasteiger partial charge >= 0.3 is 0 Å². The van der Waals surface area contributed by atoms with E-state index in [-0.39, 0.29) is 5.92 Å². The van der Waals surface area contributed by atoms with Crippen LogP contribution in [-0.4, -0.2) is 10.8 Å². The van der Waals surface area contributed by atoms with Gasteiger partial charge in [0.15, 0.2) is 5.78 Å². The van der Waals surface area contributed by atoms with E-state index in [1.165, 1.54) is 11.1 Å². The number of aromatic nitrogens is 1. The zero-order valence-corrected chi connectivity index (χ0v) is 10.4. The number of hydrogen-bond donors (Lipinski definition) is 0. The third kappa shape index (κ3) is 1.94. The maximum Gasteiger partial charge on any atom is 0.166 e. The van der Waals surface area contributed by atoms with Gasteiger partial charge < -0.3 is 0 Å². The molecule has 3 rings (SSSR count). The summed E-state index contributed by atoms with van der Waals surface area (Å²) in [5, 5.41) is 0. The van der Waals surface area contributed by atoms with E-state index in [1.807, 2.05) is 25.1 Å². The van der Waals surface area contributed by atoms with Crippen LogP contribution in [0.3, 0.4) is 0 Å². The van der Waals surface area contributed by atoms with Crippen LogP contribution < -0.4 is 0 Å². The molecule has 1 aromatic heterocycles. The van der Waals surface area contributed by atoms with Gasteiger partial charge in [-0.1, -0.05) is 17.7 Å². The lowest BCUT2D eigenvalue weighted by atomic mass is 9.96. The predicted molar refractivity (Wildman–Crippen MR) is 70.6 cm³/mol. The molecule has 1 aromatic carbocycles. The fraction of sp³-hybridized carbons (Fsp3) is 0.250. The van der Waals surface area contributed by atoms with Crippen LogP contribution in [0.1, 0.15) is 27.0 Å². The molecule has 0 amide bonds. The Morgan fingerprint density at radius 3 is 2.78 bits per heavy atom. The number of aryl methyl sites for hydroxylation is 1. The molecule has 0 bridgehead atoms. The van der Waals surface area contributed by atoms with E-state index in [2.05, 4.69) is 17.1 Å². The van der Waals surface area contributed by atoms with E-state index in [0.29, 0.717) is 5.78 Å². The summed E-state index contributed by atoms with van der Waals surface area (Å²) in [7, 11) is 0. The van der Waals surface area contributed by atoms with E-state index < -0.39 is 0 Å². The largest absolute Gasteiger partial charge is 0.294 e. The van der Waals surface area contributed by atoms with E-state index in [4.69, 9.17) is 0 Å². The van der Waals surface area contributed by atoms with Gasteiger partial charge in [0.25, 0.3) is 0 Å². The van der Waals surface area contributed by atoms with Gasteiger partial charge in [0, 0.05) is 23.9 Å². The summed E-state index contributed by atoms with van der Waals surface area (Å²) in [6.07, 6.45) is 5.25. The van der Waals surface area contributed by atoms with Crippen LogP contribution in [0.2, 0.25) is 0 Å². The highest BCUT2D eigenvalue weighted by molar-refractivity contribution is 6.02. The molecular weight excluding hydrogens is 222 g/mol. The van der Waals surface area contributed by atoms with Crippen molar-refractivity contribution in [2.45, 2.75) is 19.8 Å². The first-order valence-corrected chi connectivity index (χ1v) is 6.26. The summed E-state index contributed by atoms with van der Waals surface area (Å²) in [6.45, 7) is 2.03. The zero-order chi connectivity index (χ0) is 12.5. The zero-order valence-electron chi connectivity index (χ0n) is 10.4. The SMILES string of the molecule is Cc1ccc2c(c1)C(=O)C(Cc1ccncc1)C2. The van der Waals surface area contributed by atoms with Crippen molar-refractivity contribution in [3.8, 4) is 0 Å². The molecule has 0 radical (unpaired) electrons. The fourth-order valence-corrected chi connectivity index (χ4v) is 2.64. The molecule has 2 aromatic rings. The number of rotatable bonds is 2. The molecule has 0 aliphatic heterocycles. The predicted octanol–water partition coefficient (Wildman–Crippen LogP) is 2.99. The molecule has 1 heterocycles. The lowest BCUT2D eigenvalue weighted by Crippen LogP contribution is -2.12. The van der Waals surface area contributed by atoms with E-state index in [0.717, 1.165) is 24.0 Å². The van der Waals surface area contributed by atoms with Gasteiger partial charge in [-0.05, 0) is 49.1 Å². The lowest BCUT2D eigenvalue weighted by Gasteiger charge is -2.07. The monoisotopic (exact) mass is 237 g/mol. The number of nitrogens with zero attached hydrogens (tertiary/aromatic N) is 1. The Morgan fingerprint density at radius 1 is 1.22 bits per heavy atom. The average molecular weight is 237 g/mol. The van der Waals surface area contributed by atoms with Crippen LogP contribution in [0, 0.1) is 12.8 Å². The van der Waals surface area contributed by atoms with Crippen molar-refractivity contribution in [1.82, 2.24) is 4.98 Å². The number of benzene rings is 1. The molecule has 2 heteroatoms. The average Bonchev–Trinajstić information content (AvgIpc) is 2.68. The molecule has 90 valence electrons. The molecule has 0 saturated carbocycles. The van der Waals surface area contributed by atoms with Gasteiger partial charge in [0.2, 0.25) is 0 Å². The third-order valence-corrected chi connectivity index (χ3v) is 3.60. The third-order valence-electron chi connectivity index (χ3n) is 3.60. The van der Waals surface area contributed by atoms with Crippen molar-refractivity contribution >= 4 is 5.78 Å². The van der Waals surface area contributed by atoms with Crippen LogP contribution in [0.4, 0.5) is 0 Å². The Bertz CT molecular complexity index is 589. The summed E-state index contributed by atoms with van der Waals surface area (Å²) in [5.74, 6) is 0.398. The molecule has 1 aliphatic carbocycles. The van der Waals surface area contributed by atoms with Gasteiger partial charge in [-0.2, -0.15) is 0 Å². The Balaban J connectivity index is 1.85. The minimum atomic E-state index is 0.101. The summed E-state index contributed by atoms with van der Waals surface area (Å²) in [5.41, 5.74) is 4.47. The normalized spacial score (nSPS) is 17.8. The highest BCUT2D eigenvalue weighted by atomic mass is 16.1. The summed E-state index contributed by atoms with van der Waals surface area (Å²) in [6, 6.07) is 10.2. The summed E-state index contributed by atoms with van der Waals surface area (Å²) < 4.78 is 0. The molecule has 2 nitrogen and oxygen atoms in total. The van der Waals surface area contributed by atoms with Gasteiger partial charge in [-0.3, -0.25) is 9.78 Å². The molecule has 0 saturated heterocycles. The fourth-order valence-electron chi connectivity index (χ4n) is 2.64. The van der Waals surface area contributed by atoms with Gasteiger partial charge in [0.1, 0.15) is 0 Å². The number of carbonyl (C=O) groups is 1. The molecule has 0 N–H and O–H groups in total. The quantitative estimate of drug-likeness (QED) is 0.803. The maximum atomic E-state index is 12.3. The van der Waals surface area contributed by atoms with Crippen molar-refractivity contribution in [2.24, 2.45) is 5.92 Å². The molecule has 1 atom stereocenters. The lowest BCUT2D eigenvalue weighted by molar-refractivity contribution is 0.0936. The highest BCUT2D eigenvalue weighted by Gasteiger charge is 2.30. The molecule has 1 unspecified atom stereocenters. The Hall–Kier alpha value is -1.96. The first kappa shape index (κ1) is 11.1. The number of fused-ring (bicyclic) bond motifs is 1. The van der Waals surface area contributed by atoms with E-state index >= 15 is 0 Å². The highest BCUT2D eigenvalue weighted by Crippen LogP contribution is 2.29. The number of hydrogen-bond acceptors (Lipinski definition) is 2. The van der Waals surface area contributed by atoms with Crippen molar-refractivity contribution in [2.75, 3.05) is 0 Å². The number of pyridine rings is 1. The van der Waals surface area contributed by atoms with Crippen molar-refractivity contribution in [1.29, 1.82) is 0 Å². The smallest absolute Gasteiger partial charge is 0.166 e. The Morgan fingerprint density at radius 2 is 2.00 bits per heavy atom. The minimum absolute atomic E-state index is 0.101. The molecule has 18 heavy (non-hydrogen) atoms. The van der Waals surface area contributed by atoms with Gasteiger partial charge in [-0.25, -0.2) is 0 Å². The molecular formula is C16H15NO. The molecule has 1 aliphatic rings. The minimum Gasteiger partial charge on any atom is -0.294 e. The second kappa shape index (κ2) is 4.37. The van der Waals surface area contributed by atoms with Crippen LogP contribution in [0.25, 0.3) is 0 Å². The van der Waals surface area contributed by atoms with Gasteiger partial charge in [0.05, 0.1) is 0 Å². The second-order valence-corrected chi connectivity index (χ2v) is 4.99. The number of carbonyl (C=O) groups excluding carboxylic acids is 1. The molecule has 0 fully saturated rings. The first-order valence-electron chi connectivity index (χ1n) is 6.26. The van der Waals surface area contributed by atoms with Crippen molar-refractivity contribution in [3.63, 3.8) is 0 Å².